The van der Waals surface area contributed by atoms with Crippen molar-refractivity contribution < 1.29 is 24.3 Å². The monoisotopic (exact) mass is 561 g/mol. The fourth-order valence-electron chi connectivity index (χ4n) is 4.69. The van der Waals surface area contributed by atoms with Crippen LogP contribution in [0.3, 0.4) is 0 Å². The van der Waals surface area contributed by atoms with Crippen LogP contribution >= 0.6 is 0 Å². The molecule has 3 N–H and O–H groups in total. The zero-order valence-electron chi connectivity index (χ0n) is 25.0. The molecule has 0 spiro atoms. The number of carbonyl (C=O) groups is 4. The summed E-state index contributed by atoms with van der Waals surface area (Å²) in [6, 6.07) is 6.41. The molecule has 1 aromatic carbocycles. The number of amides is 3. The van der Waals surface area contributed by atoms with Crippen LogP contribution in [-0.2, 0) is 19.2 Å². The Kier molecular flexibility index (Phi) is 12.5. The van der Waals surface area contributed by atoms with E-state index in [1.807, 2.05) is 25.2 Å². The van der Waals surface area contributed by atoms with Gasteiger partial charge in [-0.1, -0.05) is 55.4 Å². The number of aliphatic carboxylic acids is 1. The highest BCUT2D eigenvalue weighted by molar-refractivity contribution is 6.00. The van der Waals surface area contributed by atoms with E-state index in [-0.39, 0.29) is 30.6 Å². The van der Waals surface area contributed by atoms with Gasteiger partial charge in [0.2, 0.25) is 17.7 Å². The molecule has 1 aromatic rings. The quantitative estimate of drug-likeness (QED) is 0.156. The van der Waals surface area contributed by atoms with Crippen molar-refractivity contribution >= 4 is 35.1 Å². The van der Waals surface area contributed by atoms with E-state index in [2.05, 4.69) is 50.6 Å². The van der Waals surface area contributed by atoms with Crippen molar-refractivity contribution in [3.05, 3.63) is 83.0 Å². The van der Waals surface area contributed by atoms with Gasteiger partial charge in [0, 0.05) is 31.5 Å². The second-order valence-corrected chi connectivity index (χ2v) is 11.1. The maximum atomic E-state index is 12.5. The van der Waals surface area contributed by atoms with Crippen LogP contribution in [0, 0.1) is 5.41 Å². The third kappa shape index (κ3) is 11.4. The number of carboxylic acids is 1. The van der Waals surface area contributed by atoms with Gasteiger partial charge in [-0.05, 0) is 87.3 Å². The molecule has 41 heavy (non-hydrogen) atoms. The standard InChI is InChI=1S/C33H43N3O5/c1-23(15-20-29-25(3)12-9-21-33(29,5)6)10-7-11-24(2)22-30(38)34-27-16-18-28(19-17-27)36(35-26(4)37)31(39)13-8-14-32(40)41/h7,10-11,15-20,22H,8-9,12-14,21H2,1-6H3,(H,34,38)(H,35,37)(H,40,41). The van der Waals surface area contributed by atoms with Crippen LogP contribution < -0.4 is 15.8 Å². The van der Waals surface area contributed by atoms with E-state index in [9.17, 15) is 19.2 Å². The van der Waals surface area contributed by atoms with E-state index in [1.165, 1.54) is 37.0 Å². The van der Waals surface area contributed by atoms with Gasteiger partial charge in [0.1, 0.15) is 0 Å². The third-order valence-corrected chi connectivity index (χ3v) is 6.83. The highest BCUT2D eigenvalue weighted by Crippen LogP contribution is 2.40. The molecule has 8 nitrogen and oxygen atoms in total. The van der Waals surface area contributed by atoms with E-state index < -0.39 is 17.8 Å². The first-order chi connectivity index (χ1) is 19.3. The van der Waals surface area contributed by atoms with Gasteiger partial charge < -0.3 is 10.4 Å². The number of benzene rings is 1. The van der Waals surface area contributed by atoms with Crippen LogP contribution in [-0.4, -0.2) is 28.8 Å². The van der Waals surface area contributed by atoms with Gasteiger partial charge in [0.05, 0.1) is 5.69 Å². The van der Waals surface area contributed by atoms with Gasteiger partial charge in [0.25, 0.3) is 0 Å². The number of allylic oxidation sites excluding steroid dienone is 9. The molecule has 0 heterocycles. The highest BCUT2D eigenvalue weighted by atomic mass is 16.4. The molecule has 0 bridgehead atoms. The number of rotatable bonds is 11. The van der Waals surface area contributed by atoms with Gasteiger partial charge >= 0.3 is 5.97 Å². The average molecular weight is 562 g/mol. The number of hydrogen-bond acceptors (Lipinski definition) is 4. The Morgan fingerprint density at radius 1 is 1.00 bits per heavy atom. The lowest BCUT2D eigenvalue weighted by Crippen LogP contribution is -2.45. The largest absolute Gasteiger partial charge is 0.481 e. The molecule has 220 valence electrons. The molecular formula is C33H43N3O5. The van der Waals surface area contributed by atoms with Crippen LogP contribution in [0.25, 0.3) is 0 Å². The Morgan fingerprint density at radius 2 is 1.68 bits per heavy atom. The van der Waals surface area contributed by atoms with E-state index in [4.69, 9.17) is 5.11 Å². The molecule has 8 heteroatoms. The summed E-state index contributed by atoms with van der Waals surface area (Å²) in [6.45, 7) is 12.0. The lowest BCUT2D eigenvalue weighted by Gasteiger charge is -2.32. The molecule has 1 aliphatic carbocycles. The Morgan fingerprint density at radius 3 is 2.29 bits per heavy atom. The predicted octanol–water partition coefficient (Wildman–Crippen LogP) is 6.80. The normalized spacial score (nSPS) is 15.8. The second kappa shape index (κ2) is 15.6. The van der Waals surface area contributed by atoms with Gasteiger partial charge in [0.15, 0.2) is 0 Å². The van der Waals surface area contributed by atoms with Crippen LogP contribution in [0.4, 0.5) is 11.4 Å². The van der Waals surface area contributed by atoms with Crippen molar-refractivity contribution in [2.24, 2.45) is 5.41 Å². The number of carbonyl (C=O) groups excluding carboxylic acids is 3. The number of hydrogen-bond donors (Lipinski definition) is 3. The number of anilines is 2. The van der Waals surface area contributed by atoms with E-state index in [0.717, 1.165) is 22.6 Å². The van der Waals surface area contributed by atoms with Crippen LogP contribution in [0.5, 0.6) is 0 Å². The minimum Gasteiger partial charge on any atom is -0.481 e. The zero-order chi connectivity index (χ0) is 30.6. The molecule has 2 rings (SSSR count). The third-order valence-electron chi connectivity index (χ3n) is 6.83. The smallest absolute Gasteiger partial charge is 0.303 e. The van der Waals surface area contributed by atoms with E-state index in [1.54, 1.807) is 24.3 Å². The summed E-state index contributed by atoms with van der Waals surface area (Å²) < 4.78 is 0. The Hall–Kier alpha value is -4.20. The zero-order valence-corrected chi connectivity index (χ0v) is 25.0. The van der Waals surface area contributed by atoms with Crippen molar-refractivity contribution in [1.82, 2.24) is 5.43 Å². The first-order valence-electron chi connectivity index (χ1n) is 13.9. The summed E-state index contributed by atoms with van der Waals surface area (Å²) in [5.41, 5.74) is 8.36. The van der Waals surface area contributed by atoms with Crippen LogP contribution in [0.15, 0.2) is 83.0 Å². The maximum Gasteiger partial charge on any atom is 0.303 e. The summed E-state index contributed by atoms with van der Waals surface area (Å²) in [6.07, 6.45) is 15.3. The summed E-state index contributed by atoms with van der Waals surface area (Å²) >= 11 is 0. The minimum atomic E-state index is -0.991. The molecule has 1 aliphatic rings. The number of carboxylic acid groups (broad SMARTS) is 1. The summed E-state index contributed by atoms with van der Waals surface area (Å²) in [7, 11) is 0. The van der Waals surface area contributed by atoms with Gasteiger partial charge in [-0.2, -0.15) is 0 Å². The molecule has 0 aliphatic heterocycles. The molecule has 0 aromatic heterocycles. The number of nitrogens with zero attached hydrogens (tertiary/aromatic N) is 1. The van der Waals surface area contributed by atoms with Crippen molar-refractivity contribution in [3.8, 4) is 0 Å². The maximum absolute atomic E-state index is 12.5. The SMILES string of the molecule is CC(=O)NN(C(=O)CCCC(=O)O)c1ccc(NC(=O)C=C(C)C=CC=C(C)C=CC2=C(C)CCCC2(C)C)cc1. The molecule has 0 saturated carbocycles. The molecule has 0 unspecified atom stereocenters. The fourth-order valence-corrected chi connectivity index (χ4v) is 4.69. The van der Waals surface area contributed by atoms with Gasteiger partial charge in [-0.15, -0.1) is 0 Å². The number of hydrazine groups is 1. The number of nitrogens with one attached hydrogen (secondary N) is 2. The van der Waals surface area contributed by atoms with Crippen LogP contribution in [0.1, 0.15) is 80.1 Å². The summed E-state index contributed by atoms with van der Waals surface area (Å²) in [4.78, 5) is 47.4. The predicted molar refractivity (Wildman–Crippen MR) is 164 cm³/mol. The van der Waals surface area contributed by atoms with E-state index in [0.29, 0.717) is 11.4 Å². The Balaban J connectivity index is 1.99. The Labute approximate surface area is 243 Å². The average Bonchev–Trinajstić information content (AvgIpc) is 2.86. The minimum absolute atomic E-state index is 0.0381. The second-order valence-electron chi connectivity index (χ2n) is 11.1. The fraction of sp³-hybridized carbons (Fsp3) is 0.394. The van der Waals surface area contributed by atoms with Gasteiger partial charge in [-0.3, -0.25) is 24.6 Å². The van der Waals surface area contributed by atoms with Crippen molar-refractivity contribution in [1.29, 1.82) is 0 Å². The first-order valence-corrected chi connectivity index (χ1v) is 13.9. The summed E-state index contributed by atoms with van der Waals surface area (Å²) in [5, 5.41) is 12.7. The lowest BCUT2D eigenvalue weighted by atomic mass is 9.72. The molecule has 0 fully saturated rings. The first kappa shape index (κ1) is 33.0. The topological polar surface area (TPSA) is 116 Å². The highest BCUT2D eigenvalue weighted by Gasteiger charge is 2.26. The molecule has 0 atom stereocenters. The molecule has 3 amide bonds. The van der Waals surface area contributed by atoms with Crippen molar-refractivity contribution in [2.75, 3.05) is 10.3 Å². The molecular weight excluding hydrogens is 518 g/mol. The lowest BCUT2D eigenvalue weighted by molar-refractivity contribution is -0.137. The van der Waals surface area contributed by atoms with E-state index >= 15 is 0 Å². The molecule has 0 radical (unpaired) electrons. The van der Waals surface area contributed by atoms with Crippen LogP contribution in [0.2, 0.25) is 0 Å². The van der Waals surface area contributed by atoms with Crippen molar-refractivity contribution in [2.45, 2.75) is 80.1 Å². The van der Waals surface area contributed by atoms with Crippen molar-refractivity contribution in [3.63, 3.8) is 0 Å². The summed E-state index contributed by atoms with van der Waals surface area (Å²) in [5.74, 6) is -2.17. The van der Waals surface area contributed by atoms with Gasteiger partial charge in [-0.25, -0.2) is 5.01 Å². The Bertz CT molecular complexity index is 1280. The molecule has 0 saturated heterocycles.